The van der Waals surface area contributed by atoms with Crippen molar-refractivity contribution < 1.29 is 14.7 Å². The standard InChI is InChI=1S/C15H10ClN3O3/c1-8(20)22-14-9-4-2-3-5-12(9)19(21)13-10(6-17)15(16)18-7-11(13)14/h2-5,7,14,21H,1H3. The number of pyridine rings is 1. The van der Waals surface area contributed by atoms with Crippen LogP contribution in [0.5, 0.6) is 0 Å². The fourth-order valence-corrected chi connectivity index (χ4v) is 2.68. The van der Waals surface area contributed by atoms with Crippen LogP contribution in [0.15, 0.2) is 30.5 Å². The van der Waals surface area contributed by atoms with Crippen LogP contribution >= 0.6 is 11.6 Å². The average molecular weight is 316 g/mol. The largest absolute Gasteiger partial charge is 0.453 e. The summed E-state index contributed by atoms with van der Waals surface area (Å²) < 4.78 is 5.36. The highest BCUT2D eigenvalue weighted by molar-refractivity contribution is 6.31. The first-order valence-corrected chi connectivity index (χ1v) is 6.76. The van der Waals surface area contributed by atoms with Crippen LogP contribution in [0.4, 0.5) is 11.4 Å². The Bertz CT molecular complexity index is 816. The van der Waals surface area contributed by atoms with Gasteiger partial charge in [-0.2, -0.15) is 5.26 Å². The molecule has 3 rings (SSSR count). The number of carbonyl (C=O) groups is 1. The van der Waals surface area contributed by atoms with E-state index in [1.807, 2.05) is 6.07 Å². The van der Waals surface area contributed by atoms with Crippen molar-refractivity contribution >= 4 is 28.9 Å². The Kier molecular flexibility index (Phi) is 3.45. The summed E-state index contributed by atoms with van der Waals surface area (Å²) in [5, 5.41) is 20.6. The topological polar surface area (TPSA) is 86.4 Å². The molecule has 1 aliphatic heterocycles. The fourth-order valence-electron chi connectivity index (χ4n) is 2.50. The number of aromatic nitrogens is 1. The van der Waals surface area contributed by atoms with E-state index in [0.29, 0.717) is 16.8 Å². The number of esters is 1. The number of benzene rings is 1. The van der Waals surface area contributed by atoms with E-state index in [4.69, 9.17) is 16.3 Å². The average Bonchev–Trinajstić information content (AvgIpc) is 2.51. The van der Waals surface area contributed by atoms with E-state index in [1.165, 1.54) is 13.1 Å². The van der Waals surface area contributed by atoms with Crippen LogP contribution in [0.1, 0.15) is 29.7 Å². The lowest BCUT2D eigenvalue weighted by Gasteiger charge is -2.33. The number of para-hydroxylation sites is 1. The molecule has 110 valence electrons. The Balaban J connectivity index is 2.30. The molecular formula is C15H10ClN3O3. The third-order valence-electron chi connectivity index (χ3n) is 3.37. The molecule has 7 heteroatoms. The van der Waals surface area contributed by atoms with Crippen molar-refractivity contribution in [2.75, 3.05) is 5.06 Å². The number of nitriles is 1. The van der Waals surface area contributed by atoms with Gasteiger partial charge >= 0.3 is 5.97 Å². The number of rotatable bonds is 1. The molecule has 1 unspecified atom stereocenters. The summed E-state index contributed by atoms with van der Waals surface area (Å²) in [5.41, 5.74) is 1.61. The van der Waals surface area contributed by atoms with Crippen LogP contribution < -0.4 is 5.06 Å². The van der Waals surface area contributed by atoms with Crippen LogP contribution in [0.2, 0.25) is 5.15 Å². The predicted octanol–water partition coefficient (Wildman–Crippen LogP) is 3.10. The van der Waals surface area contributed by atoms with Gasteiger partial charge in [0.25, 0.3) is 0 Å². The van der Waals surface area contributed by atoms with Gasteiger partial charge in [-0.25, -0.2) is 10.0 Å². The van der Waals surface area contributed by atoms with Gasteiger partial charge in [-0.05, 0) is 6.07 Å². The first-order valence-electron chi connectivity index (χ1n) is 6.38. The molecule has 0 radical (unpaired) electrons. The molecule has 22 heavy (non-hydrogen) atoms. The number of ether oxygens (including phenoxy) is 1. The van der Waals surface area contributed by atoms with Gasteiger partial charge in [0.2, 0.25) is 0 Å². The molecule has 1 aliphatic rings. The van der Waals surface area contributed by atoms with Crippen LogP contribution in [-0.4, -0.2) is 16.2 Å². The van der Waals surface area contributed by atoms with Crippen LogP contribution in [0.3, 0.4) is 0 Å². The van der Waals surface area contributed by atoms with Gasteiger partial charge in [0.1, 0.15) is 16.8 Å². The van der Waals surface area contributed by atoms with Crippen LogP contribution in [0, 0.1) is 11.3 Å². The molecule has 1 N–H and O–H groups in total. The molecule has 0 aliphatic carbocycles. The number of carbonyl (C=O) groups excluding carboxylic acids is 1. The highest BCUT2D eigenvalue weighted by Gasteiger charge is 2.35. The maximum atomic E-state index is 11.4. The van der Waals surface area contributed by atoms with E-state index in [9.17, 15) is 15.3 Å². The molecule has 0 fully saturated rings. The Morgan fingerprint density at radius 3 is 2.86 bits per heavy atom. The number of hydrogen-bond donors (Lipinski definition) is 1. The van der Waals surface area contributed by atoms with Crippen LogP contribution in [-0.2, 0) is 9.53 Å². The molecule has 0 spiro atoms. The fraction of sp³-hybridized carbons (Fsp3) is 0.133. The van der Waals surface area contributed by atoms with Gasteiger partial charge in [-0.15, -0.1) is 0 Å². The third-order valence-corrected chi connectivity index (χ3v) is 3.66. The molecule has 1 aromatic carbocycles. The second-order valence-electron chi connectivity index (χ2n) is 4.70. The van der Waals surface area contributed by atoms with Gasteiger partial charge in [0.15, 0.2) is 6.10 Å². The molecule has 2 aromatic rings. The van der Waals surface area contributed by atoms with Gasteiger partial charge in [-0.1, -0.05) is 29.8 Å². The number of halogens is 1. The Hall–Kier alpha value is -2.62. The molecule has 6 nitrogen and oxygen atoms in total. The molecule has 0 saturated carbocycles. The van der Waals surface area contributed by atoms with E-state index < -0.39 is 12.1 Å². The summed E-state index contributed by atoms with van der Waals surface area (Å²) >= 11 is 5.93. The first-order chi connectivity index (χ1) is 10.5. The summed E-state index contributed by atoms with van der Waals surface area (Å²) in [4.78, 5) is 15.4. The summed E-state index contributed by atoms with van der Waals surface area (Å²) in [5.74, 6) is -0.481. The van der Waals surface area contributed by atoms with Gasteiger partial charge in [0, 0.05) is 24.2 Å². The number of fused-ring (bicyclic) bond motifs is 2. The van der Waals surface area contributed by atoms with E-state index in [2.05, 4.69) is 4.98 Å². The summed E-state index contributed by atoms with van der Waals surface area (Å²) in [7, 11) is 0. The number of anilines is 2. The van der Waals surface area contributed by atoms with E-state index in [1.54, 1.807) is 24.3 Å². The molecule has 0 saturated heterocycles. The van der Waals surface area contributed by atoms with E-state index in [0.717, 1.165) is 5.06 Å². The zero-order valence-corrected chi connectivity index (χ0v) is 12.2. The molecule has 1 atom stereocenters. The van der Waals surface area contributed by atoms with Crippen molar-refractivity contribution in [1.29, 1.82) is 5.26 Å². The second kappa shape index (κ2) is 5.30. The van der Waals surface area contributed by atoms with Crippen LogP contribution in [0.25, 0.3) is 0 Å². The van der Waals surface area contributed by atoms with Gasteiger partial charge in [-0.3, -0.25) is 10.0 Å². The zero-order chi connectivity index (χ0) is 15.9. The normalized spacial score (nSPS) is 15.5. The molecule has 1 aromatic heterocycles. The molecular weight excluding hydrogens is 306 g/mol. The molecule has 2 heterocycles. The second-order valence-corrected chi connectivity index (χ2v) is 5.06. The van der Waals surface area contributed by atoms with Gasteiger partial charge in [0.05, 0.1) is 11.4 Å². The minimum Gasteiger partial charge on any atom is -0.453 e. The Morgan fingerprint density at radius 1 is 1.45 bits per heavy atom. The predicted molar refractivity (Wildman–Crippen MR) is 77.9 cm³/mol. The minimum atomic E-state index is -0.760. The van der Waals surface area contributed by atoms with Crippen molar-refractivity contribution in [3.63, 3.8) is 0 Å². The lowest BCUT2D eigenvalue weighted by atomic mass is 9.93. The lowest BCUT2D eigenvalue weighted by molar-refractivity contribution is -0.144. The quantitative estimate of drug-likeness (QED) is 0.642. The first kappa shape index (κ1) is 14.3. The van der Waals surface area contributed by atoms with Gasteiger partial charge < -0.3 is 4.74 Å². The maximum Gasteiger partial charge on any atom is 0.303 e. The third kappa shape index (κ3) is 2.08. The highest BCUT2D eigenvalue weighted by atomic mass is 35.5. The van der Waals surface area contributed by atoms with E-state index in [-0.39, 0.29) is 16.4 Å². The van der Waals surface area contributed by atoms with Crippen molar-refractivity contribution in [1.82, 2.24) is 4.98 Å². The number of nitrogens with zero attached hydrogens (tertiary/aromatic N) is 3. The smallest absolute Gasteiger partial charge is 0.303 e. The SMILES string of the molecule is CC(=O)OC1c2ccccc2N(O)c2c1cnc(Cl)c2C#N. The highest BCUT2D eigenvalue weighted by Crippen LogP contribution is 2.47. The Morgan fingerprint density at radius 2 is 2.18 bits per heavy atom. The van der Waals surface area contributed by atoms with Crippen molar-refractivity contribution in [3.05, 3.63) is 52.3 Å². The number of hydrogen-bond acceptors (Lipinski definition) is 6. The summed E-state index contributed by atoms with van der Waals surface area (Å²) in [6.45, 7) is 1.29. The minimum absolute atomic E-state index is 0.0216. The summed E-state index contributed by atoms with van der Waals surface area (Å²) in [6.07, 6.45) is 0.634. The monoisotopic (exact) mass is 315 g/mol. The maximum absolute atomic E-state index is 11.4. The Labute approximate surface area is 131 Å². The molecule has 0 amide bonds. The zero-order valence-electron chi connectivity index (χ0n) is 11.4. The molecule has 0 bridgehead atoms. The van der Waals surface area contributed by atoms with Crippen molar-refractivity contribution in [2.45, 2.75) is 13.0 Å². The van der Waals surface area contributed by atoms with E-state index >= 15 is 0 Å². The van der Waals surface area contributed by atoms with Crippen molar-refractivity contribution in [3.8, 4) is 6.07 Å². The van der Waals surface area contributed by atoms with Crippen molar-refractivity contribution in [2.24, 2.45) is 0 Å². The lowest BCUT2D eigenvalue weighted by Crippen LogP contribution is -2.26. The summed E-state index contributed by atoms with van der Waals surface area (Å²) in [6, 6.07) is 8.81.